The molecule has 42 heavy (non-hydrogen) atoms. The summed E-state index contributed by atoms with van der Waals surface area (Å²) in [5.74, 6) is 1.72. The van der Waals surface area contributed by atoms with E-state index in [1.807, 2.05) is 11.0 Å². The maximum absolute atomic E-state index is 13.5. The Kier molecular flexibility index (Phi) is 8.55. The van der Waals surface area contributed by atoms with E-state index in [4.69, 9.17) is 4.74 Å². The molecule has 1 N–H and O–H groups in total. The average molecular weight is 585 g/mol. The number of ether oxygens (including phenoxy) is 1. The lowest BCUT2D eigenvalue weighted by atomic mass is 9.49. The van der Waals surface area contributed by atoms with Gasteiger partial charge in [0.25, 0.3) is 5.91 Å². The van der Waals surface area contributed by atoms with E-state index in [2.05, 4.69) is 30.1 Å². The van der Waals surface area contributed by atoms with E-state index in [9.17, 15) is 22.8 Å². The number of carbonyl (C=O) groups excluding carboxylic acids is 2. The third kappa shape index (κ3) is 6.43. The van der Waals surface area contributed by atoms with Gasteiger partial charge in [0.1, 0.15) is 5.75 Å². The Hall–Kier alpha value is -3.53. The van der Waals surface area contributed by atoms with Gasteiger partial charge in [0, 0.05) is 57.1 Å². The predicted octanol–water partition coefficient (Wildman–Crippen LogP) is 6.00. The smallest absolute Gasteiger partial charge is 0.416 e. The van der Waals surface area contributed by atoms with Gasteiger partial charge in [0.15, 0.2) is 0 Å². The summed E-state index contributed by atoms with van der Waals surface area (Å²) in [4.78, 5) is 32.3. The van der Waals surface area contributed by atoms with Crippen LogP contribution >= 0.6 is 0 Å². The molecule has 2 bridgehead atoms. The second kappa shape index (κ2) is 12.0. The zero-order chi connectivity index (χ0) is 30.1. The van der Waals surface area contributed by atoms with Crippen molar-refractivity contribution in [2.45, 2.75) is 32.9 Å². The molecule has 0 radical (unpaired) electrons. The first-order valence-electron chi connectivity index (χ1n) is 14.5. The first kappa shape index (κ1) is 29.9. The minimum absolute atomic E-state index is 0.0308. The number of benzene rings is 2. The fourth-order valence-electron chi connectivity index (χ4n) is 6.45. The molecule has 226 valence electrons. The molecule has 3 amide bonds. The fraction of sp³-hybridized carbons (Fsp3) is 0.500. The van der Waals surface area contributed by atoms with Crippen LogP contribution in [0.3, 0.4) is 0 Å². The molecule has 0 spiro atoms. The van der Waals surface area contributed by atoms with Crippen LogP contribution in [0.25, 0.3) is 0 Å². The fourth-order valence-corrected chi connectivity index (χ4v) is 6.45. The molecular weight excluding hydrogens is 545 g/mol. The maximum Gasteiger partial charge on any atom is 0.416 e. The zero-order valence-corrected chi connectivity index (χ0v) is 24.4. The number of nitrogens with zero attached hydrogens (tertiary/aromatic N) is 3. The van der Waals surface area contributed by atoms with Crippen molar-refractivity contribution in [3.05, 3.63) is 71.3 Å². The number of methoxy groups -OCH3 is 1. The summed E-state index contributed by atoms with van der Waals surface area (Å²) in [6, 6.07) is 11.3. The Bertz CT molecular complexity index is 1320. The van der Waals surface area contributed by atoms with Crippen molar-refractivity contribution < 1.29 is 27.5 Å². The monoisotopic (exact) mass is 584 g/mol. The number of anilines is 1. The van der Waals surface area contributed by atoms with Crippen LogP contribution in [0.1, 0.15) is 42.6 Å². The zero-order valence-electron chi connectivity index (χ0n) is 24.4. The summed E-state index contributed by atoms with van der Waals surface area (Å²) in [6.07, 6.45) is -0.0174. The van der Waals surface area contributed by atoms with Gasteiger partial charge in [-0.05, 0) is 72.6 Å². The van der Waals surface area contributed by atoms with Gasteiger partial charge in [-0.3, -0.25) is 9.69 Å². The van der Waals surface area contributed by atoms with Gasteiger partial charge < -0.3 is 19.9 Å². The molecule has 10 heteroatoms. The third-order valence-electron chi connectivity index (χ3n) is 9.37. The number of allylic oxidation sites excluding steroid dienone is 1. The summed E-state index contributed by atoms with van der Waals surface area (Å²) < 4.78 is 44.3. The van der Waals surface area contributed by atoms with Crippen LogP contribution in [-0.4, -0.2) is 79.6 Å². The predicted molar refractivity (Wildman–Crippen MR) is 155 cm³/mol. The van der Waals surface area contributed by atoms with Crippen LogP contribution in [0, 0.1) is 17.3 Å². The SMILES string of the molecule is COc1cccc(C(=O)N2CCN(CCN(CC3=CCC4CC3C4(C)C)C(=O)Nc3ccc(C(F)(F)F)cc3)CC2)c1. The van der Waals surface area contributed by atoms with Crippen molar-refractivity contribution >= 4 is 17.6 Å². The van der Waals surface area contributed by atoms with Crippen LogP contribution in [0.4, 0.5) is 23.7 Å². The van der Waals surface area contributed by atoms with E-state index in [1.165, 1.54) is 17.7 Å². The molecule has 2 unspecified atom stereocenters. The summed E-state index contributed by atoms with van der Waals surface area (Å²) in [5, 5.41) is 2.81. The van der Waals surface area contributed by atoms with Crippen LogP contribution in [0.15, 0.2) is 60.2 Å². The van der Waals surface area contributed by atoms with E-state index in [1.54, 1.807) is 30.2 Å². The van der Waals surface area contributed by atoms with Gasteiger partial charge in [-0.15, -0.1) is 0 Å². The van der Waals surface area contributed by atoms with Crippen molar-refractivity contribution in [1.29, 1.82) is 0 Å². The van der Waals surface area contributed by atoms with Crippen molar-refractivity contribution in [3.8, 4) is 5.75 Å². The molecule has 4 aliphatic rings. The Morgan fingerprint density at radius 3 is 2.40 bits per heavy atom. The largest absolute Gasteiger partial charge is 0.497 e. The highest BCUT2D eigenvalue weighted by molar-refractivity contribution is 5.94. The van der Waals surface area contributed by atoms with Gasteiger partial charge in [-0.2, -0.15) is 13.2 Å². The average Bonchev–Trinajstić information content (AvgIpc) is 2.99. The quantitative estimate of drug-likeness (QED) is 0.387. The highest BCUT2D eigenvalue weighted by Gasteiger charge is 2.51. The summed E-state index contributed by atoms with van der Waals surface area (Å²) in [6.45, 7) is 8.69. The second-order valence-corrected chi connectivity index (χ2v) is 12.1. The third-order valence-corrected chi connectivity index (χ3v) is 9.37. The van der Waals surface area contributed by atoms with Gasteiger partial charge in [-0.25, -0.2) is 4.79 Å². The van der Waals surface area contributed by atoms with Gasteiger partial charge in [0.05, 0.1) is 12.7 Å². The van der Waals surface area contributed by atoms with Gasteiger partial charge >= 0.3 is 12.2 Å². The molecule has 1 saturated carbocycles. The molecule has 2 aromatic rings. The molecular formula is C32H39F3N4O3. The summed E-state index contributed by atoms with van der Waals surface area (Å²) in [5.41, 5.74) is 1.64. The molecule has 1 saturated heterocycles. The number of urea groups is 1. The molecule has 2 atom stereocenters. The number of rotatable bonds is 8. The molecule has 1 heterocycles. The lowest BCUT2D eigenvalue weighted by molar-refractivity contribution is -0.137. The molecule has 7 nitrogen and oxygen atoms in total. The Morgan fingerprint density at radius 1 is 1.07 bits per heavy atom. The Labute approximate surface area is 245 Å². The minimum Gasteiger partial charge on any atom is -0.497 e. The first-order chi connectivity index (χ1) is 20.0. The normalized spacial score (nSPS) is 21.7. The number of fused-ring (bicyclic) bond motifs is 1. The lowest BCUT2D eigenvalue weighted by Gasteiger charge is -2.57. The number of nitrogens with one attached hydrogen (secondary N) is 1. The van der Waals surface area contributed by atoms with Crippen molar-refractivity contribution in [1.82, 2.24) is 14.7 Å². The molecule has 3 aliphatic carbocycles. The Morgan fingerprint density at radius 2 is 1.79 bits per heavy atom. The van der Waals surface area contributed by atoms with Crippen molar-refractivity contribution in [2.24, 2.45) is 17.3 Å². The molecule has 2 fully saturated rings. The highest BCUT2D eigenvalue weighted by Crippen LogP contribution is 2.59. The first-order valence-corrected chi connectivity index (χ1v) is 14.5. The number of alkyl halides is 3. The van der Waals surface area contributed by atoms with E-state index < -0.39 is 11.7 Å². The number of carbonyl (C=O) groups is 2. The Balaban J connectivity index is 1.21. The molecule has 0 aromatic heterocycles. The van der Waals surface area contributed by atoms with E-state index in [0.29, 0.717) is 74.6 Å². The van der Waals surface area contributed by atoms with E-state index in [0.717, 1.165) is 25.0 Å². The van der Waals surface area contributed by atoms with Crippen LogP contribution in [0.2, 0.25) is 0 Å². The standard InChI is InChI=1S/C32H39F3N4O3/c1-31(2)25-8-7-23(28(31)20-25)21-39(30(41)36-26-11-9-24(10-12-26)32(33,34)35)18-15-37-13-16-38(17-14-37)29(40)22-5-4-6-27(19-22)42-3/h4-7,9-12,19,25,28H,8,13-18,20-21H2,1-3H3,(H,36,41). The van der Waals surface area contributed by atoms with E-state index >= 15 is 0 Å². The van der Waals surface area contributed by atoms with E-state index in [-0.39, 0.29) is 17.4 Å². The molecule has 6 rings (SSSR count). The molecule has 2 aromatic carbocycles. The minimum atomic E-state index is -4.43. The summed E-state index contributed by atoms with van der Waals surface area (Å²) in [7, 11) is 1.57. The molecule has 1 aliphatic heterocycles. The van der Waals surface area contributed by atoms with Gasteiger partial charge in [0.2, 0.25) is 0 Å². The summed E-state index contributed by atoms with van der Waals surface area (Å²) >= 11 is 0. The van der Waals surface area contributed by atoms with Crippen molar-refractivity contribution in [2.75, 3.05) is 58.2 Å². The van der Waals surface area contributed by atoms with Crippen LogP contribution in [0.5, 0.6) is 5.75 Å². The van der Waals surface area contributed by atoms with Gasteiger partial charge in [-0.1, -0.05) is 31.6 Å². The number of hydrogen-bond acceptors (Lipinski definition) is 4. The number of piperazine rings is 1. The highest BCUT2D eigenvalue weighted by atomic mass is 19.4. The number of amides is 3. The second-order valence-electron chi connectivity index (χ2n) is 12.1. The lowest BCUT2D eigenvalue weighted by Crippen LogP contribution is -2.52. The van der Waals surface area contributed by atoms with Crippen LogP contribution in [-0.2, 0) is 6.18 Å². The van der Waals surface area contributed by atoms with Crippen LogP contribution < -0.4 is 10.1 Å². The number of halogens is 3. The maximum atomic E-state index is 13.5. The number of hydrogen-bond donors (Lipinski definition) is 1. The van der Waals surface area contributed by atoms with Crippen molar-refractivity contribution in [3.63, 3.8) is 0 Å². The topological polar surface area (TPSA) is 65.1 Å².